The van der Waals surface area contributed by atoms with Crippen LogP contribution in [0.4, 0.5) is 0 Å². The van der Waals surface area contributed by atoms with Gasteiger partial charge in [-0.2, -0.15) is 0 Å². The fourth-order valence-electron chi connectivity index (χ4n) is 3.51. The van der Waals surface area contributed by atoms with Crippen LogP contribution < -0.4 is 0 Å². The van der Waals surface area contributed by atoms with Gasteiger partial charge < -0.3 is 14.7 Å². The summed E-state index contributed by atoms with van der Waals surface area (Å²) < 4.78 is 0. The number of fused-ring (bicyclic) bond motifs is 1. The number of aromatic nitrogens is 3. The van der Waals surface area contributed by atoms with Crippen LogP contribution in [0.3, 0.4) is 0 Å². The van der Waals surface area contributed by atoms with E-state index in [9.17, 15) is 19.2 Å². The number of pyridine rings is 1. The van der Waals surface area contributed by atoms with Crippen molar-refractivity contribution < 1.29 is 24.0 Å². The molecule has 0 atom stereocenters. The van der Waals surface area contributed by atoms with Crippen LogP contribution in [0.5, 0.6) is 0 Å². The molecule has 0 bridgehead atoms. The lowest BCUT2D eigenvalue weighted by Crippen LogP contribution is -2.33. The van der Waals surface area contributed by atoms with Crippen molar-refractivity contribution in [3.8, 4) is 11.8 Å². The number of H-pyrrole nitrogens is 1. The minimum absolute atomic E-state index is 0.0296. The van der Waals surface area contributed by atoms with Gasteiger partial charge in [0.15, 0.2) is 0 Å². The van der Waals surface area contributed by atoms with E-state index in [1.807, 2.05) is 24.3 Å². The zero-order chi connectivity index (χ0) is 24.6. The second-order valence-corrected chi connectivity index (χ2v) is 7.89. The first-order valence-corrected chi connectivity index (χ1v) is 11.2. The number of amides is 3. The van der Waals surface area contributed by atoms with Gasteiger partial charge in [-0.3, -0.25) is 19.4 Å². The molecule has 0 spiro atoms. The van der Waals surface area contributed by atoms with Gasteiger partial charge in [-0.15, -0.1) is 5.06 Å². The summed E-state index contributed by atoms with van der Waals surface area (Å²) in [6.07, 6.45) is 3.50. The van der Waals surface area contributed by atoms with E-state index in [1.165, 1.54) is 0 Å². The number of imide groups is 1. The molecule has 0 radical (unpaired) electrons. The van der Waals surface area contributed by atoms with Crippen molar-refractivity contribution in [3.63, 3.8) is 0 Å². The summed E-state index contributed by atoms with van der Waals surface area (Å²) in [5, 5.41) is 0.507. The van der Waals surface area contributed by atoms with Crippen LogP contribution in [0.15, 0.2) is 48.8 Å². The summed E-state index contributed by atoms with van der Waals surface area (Å²) in [5.41, 5.74) is 2.45. The number of rotatable bonds is 8. The molecule has 0 unspecified atom stereocenters. The molecule has 1 fully saturated rings. The molecule has 1 aromatic carbocycles. The minimum atomic E-state index is -0.734. The maximum atomic E-state index is 13.0. The number of aromatic amines is 1. The second kappa shape index (κ2) is 11.1. The second-order valence-electron chi connectivity index (χ2n) is 7.89. The van der Waals surface area contributed by atoms with Gasteiger partial charge in [0.1, 0.15) is 5.82 Å². The summed E-state index contributed by atoms with van der Waals surface area (Å²) in [7, 11) is 0. The highest BCUT2D eigenvalue weighted by atomic mass is 16.7. The van der Waals surface area contributed by atoms with E-state index in [1.54, 1.807) is 29.4 Å². The lowest BCUT2D eigenvalue weighted by molar-refractivity contribution is -0.197. The highest BCUT2D eigenvalue weighted by Gasteiger charge is 2.32. The van der Waals surface area contributed by atoms with E-state index in [2.05, 4.69) is 26.8 Å². The molecule has 178 valence electrons. The van der Waals surface area contributed by atoms with E-state index >= 15 is 0 Å². The third kappa shape index (κ3) is 6.29. The van der Waals surface area contributed by atoms with Crippen LogP contribution in [-0.4, -0.2) is 55.2 Å². The Balaban J connectivity index is 1.37. The van der Waals surface area contributed by atoms with Crippen LogP contribution in [0.25, 0.3) is 11.0 Å². The number of carbonyl (C=O) groups is 4. The lowest BCUT2D eigenvalue weighted by atomic mass is 10.2. The molecule has 35 heavy (non-hydrogen) atoms. The number of nitrogens with zero attached hydrogens (tertiary/aromatic N) is 4. The number of nitrogens with one attached hydrogen (secondary N) is 1. The molecule has 10 nitrogen and oxygen atoms in total. The molecule has 1 aliphatic rings. The number of hydrogen-bond donors (Lipinski definition) is 1. The molecule has 3 aromatic rings. The quantitative estimate of drug-likeness (QED) is 0.392. The monoisotopic (exact) mass is 473 g/mol. The standard InChI is InChI=1S/C25H23N5O5/c31-22(8-3-9-25(34)35-30-23(32)10-11-24(30)33)29(16-4-5-18-12-14-26-15-13-18)17-21-27-19-6-1-2-7-20(19)28-21/h1-2,6-7,12-15H,3,8-11,16-17H2,(H,27,28). The zero-order valence-electron chi connectivity index (χ0n) is 18.9. The van der Waals surface area contributed by atoms with Crippen molar-refractivity contribution in [1.29, 1.82) is 0 Å². The van der Waals surface area contributed by atoms with E-state index in [-0.39, 0.29) is 51.1 Å². The number of imidazole rings is 1. The topological polar surface area (TPSA) is 126 Å². The SMILES string of the molecule is O=C(CCCC(=O)N(CC#Cc1ccncc1)Cc1nc2ccccc2[nH]1)ON1C(=O)CCC1=O. The molecular weight excluding hydrogens is 450 g/mol. The van der Waals surface area contributed by atoms with Crippen molar-refractivity contribution in [2.45, 2.75) is 38.6 Å². The molecule has 1 saturated heterocycles. The first kappa shape index (κ1) is 23.6. The van der Waals surface area contributed by atoms with Crippen molar-refractivity contribution in [1.82, 2.24) is 24.9 Å². The maximum Gasteiger partial charge on any atom is 0.333 e. The maximum absolute atomic E-state index is 13.0. The average Bonchev–Trinajstić information content (AvgIpc) is 3.41. The largest absolute Gasteiger partial charge is 0.340 e. The van der Waals surface area contributed by atoms with Crippen molar-refractivity contribution in [2.75, 3.05) is 6.54 Å². The number of para-hydroxylation sites is 2. The van der Waals surface area contributed by atoms with E-state index in [0.717, 1.165) is 16.6 Å². The molecular formula is C25H23N5O5. The fraction of sp³-hybridized carbons (Fsp3) is 0.280. The molecule has 4 rings (SSSR count). The molecule has 3 heterocycles. The highest BCUT2D eigenvalue weighted by Crippen LogP contribution is 2.15. The van der Waals surface area contributed by atoms with Crippen LogP contribution >= 0.6 is 0 Å². The normalized spacial score (nSPS) is 13.0. The Morgan fingerprint density at radius 2 is 1.80 bits per heavy atom. The molecule has 1 N–H and O–H groups in total. The summed E-state index contributed by atoms with van der Waals surface area (Å²) in [4.78, 5) is 66.3. The van der Waals surface area contributed by atoms with E-state index in [4.69, 9.17) is 4.84 Å². The van der Waals surface area contributed by atoms with Gasteiger partial charge in [0.2, 0.25) is 5.91 Å². The van der Waals surface area contributed by atoms with Gasteiger partial charge in [-0.25, -0.2) is 9.78 Å². The minimum Gasteiger partial charge on any atom is -0.340 e. The number of hydroxylamine groups is 2. The fourth-order valence-corrected chi connectivity index (χ4v) is 3.51. The Hall–Kier alpha value is -4.52. The Bertz CT molecular complexity index is 1260. The Kier molecular flexibility index (Phi) is 7.47. The van der Waals surface area contributed by atoms with Crippen molar-refractivity contribution >= 4 is 34.7 Å². The summed E-state index contributed by atoms with van der Waals surface area (Å²) in [6, 6.07) is 11.1. The Morgan fingerprint density at radius 1 is 1.06 bits per heavy atom. The zero-order valence-corrected chi connectivity index (χ0v) is 18.9. The molecule has 10 heteroatoms. The summed E-state index contributed by atoms with van der Waals surface area (Å²) in [6.45, 7) is 0.388. The van der Waals surface area contributed by atoms with Gasteiger partial charge >= 0.3 is 5.97 Å². The summed E-state index contributed by atoms with van der Waals surface area (Å²) >= 11 is 0. The molecule has 1 aliphatic heterocycles. The molecule has 3 amide bonds. The van der Waals surface area contributed by atoms with Crippen LogP contribution in [0.2, 0.25) is 0 Å². The molecule has 0 aliphatic carbocycles. The van der Waals surface area contributed by atoms with Crippen LogP contribution in [0, 0.1) is 11.8 Å². The van der Waals surface area contributed by atoms with Gasteiger partial charge in [0.25, 0.3) is 11.8 Å². The molecule has 0 saturated carbocycles. The van der Waals surface area contributed by atoms with E-state index in [0.29, 0.717) is 10.9 Å². The number of benzene rings is 1. The van der Waals surface area contributed by atoms with Crippen molar-refractivity contribution in [3.05, 3.63) is 60.2 Å². The van der Waals surface area contributed by atoms with E-state index < -0.39 is 17.8 Å². The smallest absolute Gasteiger partial charge is 0.333 e. The van der Waals surface area contributed by atoms with Gasteiger partial charge in [0.05, 0.1) is 24.1 Å². The predicted molar refractivity (Wildman–Crippen MR) is 124 cm³/mol. The number of carbonyl (C=O) groups excluding carboxylic acids is 4. The van der Waals surface area contributed by atoms with Crippen LogP contribution in [-0.2, 0) is 30.6 Å². The summed E-state index contributed by atoms with van der Waals surface area (Å²) in [5.74, 6) is 4.61. The molecule has 2 aromatic heterocycles. The average molecular weight is 473 g/mol. The third-order valence-corrected chi connectivity index (χ3v) is 5.29. The van der Waals surface area contributed by atoms with Crippen LogP contribution in [0.1, 0.15) is 43.5 Å². The van der Waals surface area contributed by atoms with Crippen molar-refractivity contribution in [2.24, 2.45) is 0 Å². The predicted octanol–water partition coefficient (Wildman–Crippen LogP) is 2.12. The first-order valence-electron chi connectivity index (χ1n) is 11.2. The van der Waals surface area contributed by atoms with Gasteiger partial charge in [-0.1, -0.05) is 24.0 Å². The highest BCUT2D eigenvalue weighted by molar-refractivity contribution is 6.01. The Labute approximate surface area is 201 Å². The number of hydrogen-bond acceptors (Lipinski definition) is 7. The Morgan fingerprint density at radius 3 is 2.54 bits per heavy atom. The van der Waals surface area contributed by atoms with Gasteiger partial charge in [-0.05, 0) is 30.7 Å². The first-order chi connectivity index (χ1) is 17.0. The van der Waals surface area contributed by atoms with Gasteiger partial charge in [0, 0.05) is 43.6 Å². The lowest BCUT2D eigenvalue weighted by Gasteiger charge is -2.19. The third-order valence-electron chi connectivity index (χ3n) is 5.29.